The van der Waals surface area contributed by atoms with E-state index in [2.05, 4.69) is 20.7 Å². The average Bonchev–Trinajstić information content (AvgIpc) is 3.34. The standard InChI is InChI=1S/C25H27F3N6O3/c1-15-21(16-6-10-29-11-7-16)23(36)34-24(31-22(32-34)17-8-12-37-13-9-17)33(15)14-20(35)30-19-4-2-18(3-5-19)25(26,27)28/h2-5,8,16,29H,6-7,9-14H2,1H3,(H,30,35). The van der Waals surface area contributed by atoms with Gasteiger partial charge in [0.2, 0.25) is 11.7 Å². The Labute approximate surface area is 210 Å². The third-order valence-corrected chi connectivity index (χ3v) is 6.84. The number of halogens is 3. The summed E-state index contributed by atoms with van der Waals surface area (Å²) in [4.78, 5) is 31.2. The number of fused-ring (bicyclic) bond motifs is 1. The lowest BCUT2D eigenvalue weighted by atomic mass is 9.90. The number of aromatic nitrogens is 4. The molecule has 0 aliphatic carbocycles. The van der Waals surface area contributed by atoms with Crippen molar-refractivity contribution < 1.29 is 22.7 Å². The van der Waals surface area contributed by atoms with Gasteiger partial charge in [-0.15, -0.1) is 5.10 Å². The van der Waals surface area contributed by atoms with Crippen LogP contribution in [-0.4, -0.2) is 51.4 Å². The zero-order chi connectivity index (χ0) is 26.2. The first-order chi connectivity index (χ1) is 17.7. The van der Waals surface area contributed by atoms with Crippen LogP contribution in [0.25, 0.3) is 11.4 Å². The van der Waals surface area contributed by atoms with Gasteiger partial charge < -0.3 is 19.9 Å². The van der Waals surface area contributed by atoms with Crippen LogP contribution in [0, 0.1) is 6.92 Å². The van der Waals surface area contributed by atoms with Crippen LogP contribution in [0.15, 0.2) is 35.1 Å². The topological polar surface area (TPSA) is 103 Å². The summed E-state index contributed by atoms with van der Waals surface area (Å²) in [6, 6.07) is 4.25. The smallest absolute Gasteiger partial charge is 0.377 e. The minimum Gasteiger partial charge on any atom is -0.377 e. The maximum atomic E-state index is 13.6. The SMILES string of the molecule is Cc1c(C2CCNCC2)c(=O)n2nc(C3=CCOCC3)nc2n1CC(=O)Nc1ccc(C(F)(F)F)cc1. The van der Waals surface area contributed by atoms with E-state index in [-0.39, 0.29) is 29.5 Å². The quantitative estimate of drug-likeness (QED) is 0.540. The molecule has 9 nitrogen and oxygen atoms in total. The van der Waals surface area contributed by atoms with Crippen molar-refractivity contribution in [2.75, 3.05) is 31.6 Å². The number of piperidine rings is 1. The van der Waals surface area contributed by atoms with Gasteiger partial charge in [0.25, 0.3) is 5.56 Å². The third kappa shape index (κ3) is 5.16. The highest BCUT2D eigenvalue weighted by Crippen LogP contribution is 2.30. The highest BCUT2D eigenvalue weighted by molar-refractivity contribution is 5.90. The summed E-state index contributed by atoms with van der Waals surface area (Å²) >= 11 is 0. The molecule has 12 heteroatoms. The molecule has 196 valence electrons. The normalized spacial score (nSPS) is 17.1. The lowest BCUT2D eigenvalue weighted by Gasteiger charge is -2.25. The lowest BCUT2D eigenvalue weighted by Crippen LogP contribution is -2.34. The summed E-state index contributed by atoms with van der Waals surface area (Å²) in [5, 5.41) is 10.5. The van der Waals surface area contributed by atoms with Crippen molar-refractivity contribution in [2.24, 2.45) is 0 Å². The van der Waals surface area contributed by atoms with Crippen molar-refractivity contribution in [3.8, 4) is 0 Å². The molecule has 0 saturated carbocycles. The van der Waals surface area contributed by atoms with Gasteiger partial charge in [-0.05, 0) is 75.0 Å². The van der Waals surface area contributed by atoms with Gasteiger partial charge >= 0.3 is 6.18 Å². The van der Waals surface area contributed by atoms with Gasteiger partial charge in [0, 0.05) is 16.9 Å². The van der Waals surface area contributed by atoms with Crippen LogP contribution in [-0.2, 0) is 22.3 Å². The van der Waals surface area contributed by atoms with E-state index in [1.54, 1.807) is 11.5 Å². The molecule has 1 fully saturated rings. The predicted octanol–water partition coefficient (Wildman–Crippen LogP) is 3.13. The van der Waals surface area contributed by atoms with Crippen molar-refractivity contribution in [3.05, 3.63) is 63.3 Å². The summed E-state index contributed by atoms with van der Waals surface area (Å²) in [6.07, 6.45) is -0.408. The van der Waals surface area contributed by atoms with Crippen molar-refractivity contribution in [2.45, 2.75) is 44.8 Å². The maximum absolute atomic E-state index is 13.6. The monoisotopic (exact) mass is 516 g/mol. The molecule has 0 atom stereocenters. The number of benzene rings is 1. The van der Waals surface area contributed by atoms with Gasteiger partial charge in [0.05, 0.1) is 18.8 Å². The summed E-state index contributed by atoms with van der Waals surface area (Å²) in [7, 11) is 0. The molecule has 37 heavy (non-hydrogen) atoms. The largest absolute Gasteiger partial charge is 0.416 e. The lowest BCUT2D eigenvalue weighted by molar-refractivity contribution is -0.137. The Morgan fingerprint density at radius 3 is 2.59 bits per heavy atom. The molecule has 0 radical (unpaired) electrons. The van der Waals surface area contributed by atoms with E-state index in [1.165, 1.54) is 16.6 Å². The molecule has 0 spiro atoms. The van der Waals surface area contributed by atoms with Crippen molar-refractivity contribution in [3.63, 3.8) is 0 Å². The van der Waals surface area contributed by atoms with Gasteiger partial charge in [-0.2, -0.15) is 22.7 Å². The molecule has 3 aromatic rings. The molecule has 1 saturated heterocycles. The number of rotatable bonds is 5. The average molecular weight is 517 g/mol. The predicted molar refractivity (Wildman–Crippen MR) is 130 cm³/mol. The fourth-order valence-electron chi connectivity index (χ4n) is 4.90. The molecule has 2 aliphatic heterocycles. The highest BCUT2D eigenvalue weighted by Gasteiger charge is 2.30. The van der Waals surface area contributed by atoms with E-state index in [1.807, 2.05) is 6.08 Å². The van der Waals surface area contributed by atoms with E-state index in [0.29, 0.717) is 36.7 Å². The minimum absolute atomic E-state index is 0.0114. The highest BCUT2D eigenvalue weighted by atomic mass is 19.4. The molecule has 1 aromatic carbocycles. The number of carbonyl (C=O) groups is 1. The van der Waals surface area contributed by atoms with Gasteiger partial charge in [-0.25, -0.2) is 0 Å². The number of alkyl halides is 3. The molecule has 0 bridgehead atoms. The fraction of sp³-hybridized carbons (Fsp3) is 0.440. The molecular weight excluding hydrogens is 489 g/mol. The number of hydrogen-bond donors (Lipinski definition) is 2. The number of anilines is 1. The second-order valence-corrected chi connectivity index (χ2v) is 9.24. The Balaban J connectivity index is 1.52. The van der Waals surface area contributed by atoms with E-state index in [9.17, 15) is 22.8 Å². The van der Waals surface area contributed by atoms with E-state index < -0.39 is 17.6 Å². The Morgan fingerprint density at radius 2 is 1.95 bits per heavy atom. The first-order valence-electron chi connectivity index (χ1n) is 12.2. The van der Waals surface area contributed by atoms with Gasteiger partial charge in [0.15, 0.2) is 5.82 Å². The van der Waals surface area contributed by atoms with Crippen LogP contribution in [0.1, 0.15) is 47.8 Å². The number of ether oxygens (including phenoxy) is 1. The third-order valence-electron chi connectivity index (χ3n) is 6.84. The first-order valence-corrected chi connectivity index (χ1v) is 12.2. The Kier molecular flexibility index (Phi) is 6.86. The van der Waals surface area contributed by atoms with Crippen LogP contribution in [0.2, 0.25) is 0 Å². The summed E-state index contributed by atoms with van der Waals surface area (Å²) in [6.45, 7) is 4.14. The van der Waals surface area contributed by atoms with Crippen LogP contribution in [0.5, 0.6) is 0 Å². The van der Waals surface area contributed by atoms with Crippen molar-refractivity contribution >= 4 is 22.9 Å². The van der Waals surface area contributed by atoms with E-state index in [0.717, 1.165) is 43.6 Å². The maximum Gasteiger partial charge on any atom is 0.416 e. The van der Waals surface area contributed by atoms with Crippen LogP contribution in [0.3, 0.4) is 0 Å². The molecule has 0 unspecified atom stereocenters. The van der Waals surface area contributed by atoms with Gasteiger partial charge in [-0.3, -0.25) is 9.59 Å². The number of hydrogen-bond acceptors (Lipinski definition) is 6. The molecule has 4 heterocycles. The second kappa shape index (κ2) is 10.1. The van der Waals surface area contributed by atoms with E-state index in [4.69, 9.17) is 4.74 Å². The van der Waals surface area contributed by atoms with Gasteiger partial charge in [0.1, 0.15) is 6.54 Å². The molecule has 5 rings (SSSR count). The summed E-state index contributed by atoms with van der Waals surface area (Å²) in [5.41, 5.74) is 1.30. The van der Waals surface area contributed by atoms with Crippen molar-refractivity contribution in [1.29, 1.82) is 0 Å². The fourth-order valence-corrected chi connectivity index (χ4v) is 4.90. The Morgan fingerprint density at radius 1 is 1.22 bits per heavy atom. The molecule has 2 N–H and O–H groups in total. The minimum atomic E-state index is -4.46. The summed E-state index contributed by atoms with van der Waals surface area (Å²) in [5.74, 6) is 0.209. The Hall–Kier alpha value is -3.51. The van der Waals surface area contributed by atoms with Gasteiger partial charge in [-0.1, -0.05) is 6.08 Å². The zero-order valence-electron chi connectivity index (χ0n) is 20.3. The zero-order valence-corrected chi connectivity index (χ0v) is 20.3. The van der Waals surface area contributed by atoms with Crippen LogP contribution < -0.4 is 16.2 Å². The molecule has 2 aliphatic rings. The molecular formula is C25H27F3N6O3. The number of amides is 1. The van der Waals surface area contributed by atoms with Crippen LogP contribution in [0.4, 0.5) is 18.9 Å². The number of carbonyl (C=O) groups excluding carboxylic acids is 1. The Bertz CT molecular complexity index is 1400. The van der Waals surface area contributed by atoms with Crippen LogP contribution >= 0.6 is 0 Å². The van der Waals surface area contributed by atoms with Crippen molar-refractivity contribution in [1.82, 2.24) is 24.5 Å². The number of nitrogens with one attached hydrogen (secondary N) is 2. The molecule has 2 aromatic heterocycles. The number of nitrogens with zero attached hydrogens (tertiary/aromatic N) is 4. The second-order valence-electron chi connectivity index (χ2n) is 9.24. The summed E-state index contributed by atoms with van der Waals surface area (Å²) < 4.78 is 46.9. The van der Waals surface area contributed by atoms with E-state index >= 15 is 0 Å². The molecule has 1 amide bonds. The first kappa shape index (κ1) is 25.2.